The Morgan fingerprint density at radius 3 is 2.00 bits per heavy atom. The summed E-state index contributed by atoms with van der Waals surface area (Å²) in [5.41, 5.74) is 0. The van der Waals surface area contributed by atoms with Gasteiger partial charge in [-0.1, -0.05) is 6.92 Å². The van der Waals surface area contributed by atoms with E-state index >= 15 is 0 Å². The zero-order valence-electron chi connectivity index (χ0n) is 8.46. The molecule has 0 rings (SSSR count). The van der Waals surface area contributed by atoms with Crippen molar-refractivity contribution in [3.63, 3.8) is 0 Å². The summed E-state index contributed by atoms with van der Waals surface area (Å²) in [4.78, 5) is 9.78. The quantitative estimate of drug-likeness (QED) is 0.422. The Kier molecular flexibility index (Phi) is 20.3. The molecular weight excluding hydrogens is 151 g/mol. The molecule has 1 N–H and O–H groups in total. The number of carboxylic acids is 1. The molecule has 12 heavy (non-hydrogen) atoms. The fraction of sp³-hybridized carbons (Fsp3) is 0.750. The van der Waals surface area contributed by atoms with E-state index in [9.17, 15) is 4.79 Å². The van der Waals surface area contributed by atoms with Crippen molar-refractivity contribution in [2.45, 2.75) is 33.3 Å². The monoisotopic (exact) mass is 168 g/mol. The predicted octanol–water partition coefficient (Wildman–Crippen LogP) is -1.27. The van der Waals surface area contributed by atoms with Gasteiger partial charge in [-0.3, -0.25) is 0 Å². The minimum absolute atomic E-state index is 0. The van der Waals surface area contributed by atoms with Gasteiger partial charge < -0.3 is 16.8 Å². The number of hydrogen-bond donors (Lipinski definition) is 1. The molecule has 0 aliphatic carbocycles. The Bertz CT molecular complexity index is 94.3. The first-order valence-electron chi connectivity index (χ1n) is 3.67. The molecule has 0 aliphatic rings. The SMILES string of the molecule is CC(C)OCC(=O)O.[CH2-]CC.[Li+]. The standard InChI is InChI=1S/C5H10O3.C3H7.Li/c1-4(2)8-3-5(6)7;1-3-2;/h4H,3H2,1-2H3,(H,6,7);1,3H2,2H3;/q;-1;+1. The second-order valence-corrected chi connectivity index (χ2v) is 2.25. The van der Waals surface area contributed by atoms with Gasteiger partial charge in [-0.25, -0.2) is 4.79 Å². The number of carbonyl (C=O) groups is 1. The Morgan fingerprint density at radius 2 is 1.92 bits per heavy atom. The van der Waals surface area contributed by atoms with Gasteiger partial charge in [-0.2, -0.15) is 6.42 Å². The van der Waals surface area contributed by atoms with Crippen molar-refractivity contribution in [3.8, 4) is 0 Å². The molecule has 0 aromatic heterocycles. The average Bonchev–Trinajstić information content (AvgIpc) is 1.85. The Labute approximate surface area is 86.7 Å². The maximum atomic E-state index is 9.78. The van der Waals surface area contributed by atoms with Crippen molar-refractivity contribution >= 4 is 5.97 Å². The first-order valence-corrected chi connectivity index (χ1v) is 3.67. The molecule has 0 aromatic carbocycles. The van der Waals surface area contributed by atoms with Crippen LogP contribution >= 0.6 is 0 Å². The molecule has 0 heterocycles. The molecule has 0 saturated carbocycles. The minimum atomic E-state index is -0.918. The first-order chi connectivity index (χ1) is 5.04. The Morgan fingerprint density at radius 1 is 1.58 bits per heavy atom. The number of hydrogen-bond acceptors (Lipinski definition) is 2. The van der Waals surface area contributed by atoms with Gasteiger partial charge >= 0.3 is 24.8 Å². The van der Waals surface area contributed by atoms with Crippen molar-refractivity contribution in [2.75, 3.05) is 6.61 Å². The van der Waals surface area contributed by atoms with Gasteiger partial charge in [-0.05, 0) is 13.8 Å². The van der Waals surface area contributed by atoms with Gasteiger partial charge in [0.15, 0.2) is 0 Å². The van der Waals surface area contributed by atoms with E-state index in [4.69, 9.17) is 9.84 Å². The molecule has 0 unspecified atom stereocenters. The Balaban J connectivity index is -0.000000177. The fourth-order valence-electron chi connectivity index (χ4n) is 0.238. The van der Waals surface area contributed by atoms with Crippen LogP contribution in [0.5, 0.6) is 0 Å². The van der Waals surface area contributed by atoms with Crippen LogP contribution in [0, 0.1) is 6.92 Å². The van der Waals surface area contributed by atoms with Gasteiger partial charge in [0.05, 0.1) is 6.10 Å². The second-order valence-electron chi connectivity index (χ2n) is 2.25. The second kappa shape index (κ2) is 13.6. The van der Waals surface area contributed by atoms with Crippen LogP contribution in [0.2, 0.25) is 0 Å². The third-order valence-corrected chi connectivity index (χ3v) is 0.540. The molecule has 0 atom stereocenters. The molecule has 0 radical (unpaired) electrons. The largest absolute Gasteiger partial charge is 1.00 e. The number of carboxylic acid groups (broad SMARTS) is 1. The maximum Gasteiger partial charge on any atom is 1.00 e. The van der Waals surface area contributed by atoms with E-state index in [1.165, 1.54) is 0 Å². The summed E-state index contributed by atoms with van der Waals surface area (Å²) in [5, 5.41) is 8.04. The van der Waals surface area contributed by atoms with E-state index in [1.807, 2.05) is 6.92 Å². The van der Waals surface area contributed by atoms with E-state index in [1.54, 1.807) is 13.8 Å². The van der Waals surface area contributed by atoms with Crippen LogP contribution < -0.4 is 18.9 Å². The minimum Gasteiger partial charge on any atom is -0.480 e. The van der Waals surface area contributed by atoms with Crippen LogP contribution in [0.3, 0.4) is 0 Å². The van der Waals surface area contributed by atoms with E-state index in [0.29, 0.717) is 0 Å². The van der Waals surface area contributed by atoms with E-state index < -0.39 is 5.97 Å². The van der Waals surface area contributed by atoms with Crippen molar-refractivity contribution < 1.29 is 33.5 Å². The van der Waals surface area contributed by atoms with Gasteiger partial charge in [-0.15, -0.1) is 0 Å². The third-order valence-electron chi connectivity index (χ3n) is 0.540. The van der Waals surface area contributed by atoms with E-state index in [-0.39, 0.29) is 31.6 Å². The number of ether oxygens (including phenoxy) is 1. The van der Waals surface area contributed by atoms with Crippen LogP contribution in [0.25, 0.3) is 0 Å². The van der Waals surface area contributed by atoms with E-state index in [2.05, 4.69) is 6.92 Å². The normalized spacial score (nSPS) is 8.08. The van der Waals surface area contributed by atoms with Crippen LogP contribution in [-0.4, -0.2) is 23.8 Å². The molecule has 4 heteroatoms. The van der Waals surface area contributed by atoms with Gasteiger partial charge in [0.2, 0.25) is 0 Å². The van der Waals surface area contributed by atoms with Gasteiger partial charge in [0.1, 0.15) is 6.61 Å². The van der Waals surface area contributed by atoms with Gasteiger partial charge in [0.25, 0.3) is 0 Å². The molecule has 68 valence electrons. The molecule has 3 nitrogen and oxygen atoms in total. The topological polar surface area (TPSA) is 46.5 Å². The molecule has 0 saturated heterocycles. The molecule has 0 aliphatic heterocycles. The summed E-state index contributed by atoms with van der Waals surface area (Å²) in [7, 11) is 0. The molecule has 0 aromatic rings. The summed E-state index contributed by atoms with van der Waals surface area (Å²) >= 11 is 0. The van der Waals surface area contributed by atoms with Crippen LogP contribution in [0.1, 0.15) is 27.2 Å². The molecular formula is C8H17LiO3. The van der Waals surface area contributed by atoms with Crippen LogP contribution in [0.4, 0.5) is 0 Å². The van der Waals surface area contributed by atoms with Crippen LogP contribution in [-0.2, 0) is 9.53 Å². The number of rotatable bonds is 3. The summed E-state index contributed by atoms with van der Waals surface area (Å²) < 4.78 is 4.70. The summed E-state index contributed by atoms with van der Waals surface area (Å²) in [6.45, 7) is 8.89. The predicted molar refractivity (Wildman–Crippen MR) is 44.4 cm³/mol. The molecule has 0 bridgehead atoms. The van der Waals surface area contributed by atoms with Crippen molar-refractivity contribution in [3.05, 3.63) is 6.92 Å². The van der Waals surface area contributed by atoms with Crippen molar-refractivity contribution in [2.24, 2.45) is 0 Å². The molecule has 0 fully saturated rings. The van der Waals surface area contributed by atoms with Gasteiger partial charge in [0, 0.05) is 0 Å². The first kappa shape index (κ1) is 17.9. The zero-order valence-corrected chi connectivity index (χ0v) is 8.46. The van der Waals surface area contributed by atoms with E-state index in [0.717, 1.165) is 6.42 Å². The molecule has 0 spiro atoms. The summed E-state index contributed by atoms with van der Waals surface area (Å²) in [6, 6.07) is 0. The molecule has 0 amide bonds. The zero-order chi connectivity index (χ0) is 9.28. The van der Waals surface area contributed by atoms with Crippen molar-refractivity contribution in [1.82, 2.24) is 0 Å². The Hall–Kier alpha value is 0.0274. The average molecular weight is 168 g/mol. The summed E-state index contributed by atoms with van der Waals surface area (Å²) in [6.07, 6.45) is 1.01. The smallest absolute Gasteiger partial charge is 0.480 e. The van der Waals surface area contributed by atoms with Crippen LogP contribution in [0.15, 0.2) is 0 Å². The summed E-state index contributed by atoms with van der Waals surface area (Å²) in [5.74, 6) is -0.918. The third kappa shape index (κ3) is 32.3. The maximum absolute atomic E-state index is 9.78. The fourth-order valence-corrected chi connectivity index (χ4v) is 0.238. The van der Waals surface area contributed by atoms with Crippen molar-refractivity contribution in [1.29, 1.82) is 0 Å². The number of aliphatic carboxylic acids is 1.